The smallest absolute Gasteiger partial charge is 0.239 e. The molecule has 1 aliphatic heterocycles. The van der Waals surface area contributed by atoms with Crippen LogP contribution in [0.15, 0.2) is 109 Å². The third-order valence-electron chi connectivity index (χ3n) is 11.0. The van der Waals surface area contributed by atoms with Gasteiger partial charge in [0.25, 0.3) is 0 Å². The van der Waals surface area contributed by atoms with Crippen LogP contribution >= 0.6 is 17.0 Å². The summed E-state index contributed by atoms with van der Waals surface area (Å²) in [4.78, 5) is 18.6. The number of aryl methyl sites for hydroxylation is 1. The highest BCUT2D eigenvalue weighted by Gasteiger charge is 2.65. The van der Waals surface area contributed by atoms with E-state index >= 15 is 0 Å². The Morgan fingerprint density at radius 3 is 1.98 bits per heavy atom. The van der Waals surface area contributed by atoms with Crippen LogP contribution in [0.1, 0.15) is 41.5 Å². The Labute approximate surface area is 301 Å². The van der Waals surface area contributed by atoms with Crippen molar-refractivity contribution in [3.63, 3.8) is 0 Å². The molecule has 0 bridgehead atoms. The summed E-state index contributed by atoms with van der Waals surface area (Å²) >= 11 is 0. The summed E-state index contributed by atoms with van der Waals surface area (Å²) in [7, 11) is 7.09. The number of hydrogen-bond donors (Lipinski definition) is 2. The number of methoxy groups -OCH3 is 2. The van der Waals surface area contributed by atoms with Gasteiger partial charge < -0.3 is 24.6 Å². The van der Waals surface area contributed by atoms with E-state index in [1.807, 2.05) is 66.4 Å². The van der Waals surface area contributed by atoms with Crippen LogP contribution in [0.2, 0.25) is 0 Å². The highest BCUT2D eigenvalue weighted by Crippen LogP contribution is 2.60. The van der Waals surface area contributed by atoms with Gasteiger partial charge in [0.15, 0.2) is 0 Å². The van der Waals surface area contributed by atoms with Gasteiger partial charge in [-0.15, -0.1) is 17.0 Å². The fourth-order valence-corrected chi connectivity index (χ4v) is 8.55. The number of likely N-dealkylation sites (tertiary alicyclic amines) is 1. The molecule has 1 saturated heterocycles. The first kappa shape index (κ1) is 36.6. The predicted molar refractivity (Wildman–Crippen MR) is 198 cm³/mol. The van der Waals surface area contributed by atoms with Gasteiger partial charge in [0.1, 0.15) is 17.1 Å². The van der Waals surface area contributed by atoms with Gasteiger partial charge in [0, 0.05) is 30.0 Å². The maximum absolute atomic E-state index is 14.6. The van der Waals surface area contributed by atoms with Crippen molar-refractivity contribution in [2.75, 3.05) is 41.4 Å². The van der Waals surface area contributed by atoms with Crippen molar-refractivity contribution in [1.82, 2.24) is 9.80 Å². The molecule has 1 saturated carbocycles. The van der Waals surface area contributed by atoms with Crippen molar-refractivity contribution in [1.29, 1.82) is 0 Å². The first-order valence-electron chi connectivity index (χ1n) is 17.0. The van der Waals surface area contributed by atoms with Crippen LogP contribution in [0.3, 0.4) is 0 Å². The third kappa shape index (κ3) is 6.76. The first-order chi connectivity index (χ1) is 23.2. The number of aliphatic hydroxyl groups is 2. The fourth-order valence-electron chi connectivity index (χ4n) is 8.55. The molecule has 49 heavy (non-hydrogen) atoms. The second kappa shape index (κ2) is 15.5. The number of hydrogen-bond acceptors (Lipinski definition) is 6. The van der Waals surface area contributed by atoms with Gasteiger partial charge in [-0.05, 0) is 80.6 Å². The van der Waals surface area contributed by atoms with Crippen molar-refractivity contribution in [3.05, 3.63) is 131 Å². The Hall–Kier alpha value is -3.69. The van der Waals surface area contributed by atoms with Crippen LogP contribution < -0.4 is 9.47 Å². The Bertz CT molecular complexity index is 1630. The fraction of sp³-hybridized carbons (Fsp3) is 0.390. The number of carbonyl (C=O) groups is 1. The molecule has 5 atom stereocenters. The minimum Gasteiger partial charge on any atom is -0.497 e. The van der Waals surface area contributed by atoms with Gasteiger partial charge >= 0.3 is 0 Å². The minimum absolute atomic E-state index is 0. The largest absolute Gasteiger partial charge is 0.497 e. The van der Waals surface area contributed by atoms with Gasteiger partial charge in [-0.3, -0.25) is 9.69 Å². The maximum atomic E-state index is 14.6. The summed E-state index contributed by atoms with van der Waals surface area (Å²) in [6.07, 6.45) is 1.57. The van der Waals surface area contributed by atoms with Crippen molar-refractivity contribution >= 4 is 22.9 Å². The minimum atomic E-state index is -1.71. The van der Waals surface area contributed by atoms with Crippen molar-refractivity contribution < 1.29 is 24.5 Å². The van der Waals surface area contributed by atoms with Crippen LogP contribution in [0.5, 0.6) is 11.5 Å². The number of nitrogens with zero attached hydrogens (tertiary/aromatic N) is 2. The molecule has 2 fully saturated rings. The molecular weight excluding hydrogens is 680 g/mol. The average molecular weight is 730 g/mol. The molecule has 4 aromatic rings. The van der Waals surface area contributed by atoms with E-state index in [0.29, 0.717) is 36.6 Å². The lowest BCUT2D eigenvalue weighted by Gasteiger charge is -2.55. The van der Waals surface area contributed by atoms with Crippen molar-refractivity contribution in [2.24, 2.45) is 11.8 Å². The number of likely N-dealkylation sites (N-methyl/N-ethyl adjacent to an activating group) is 1. The summed E-state index contributed by atoms with van der Waals surface area (Å²) in [6, 6.07) is 36.0. The highest BCUT2D eigenvalue weighted by molar-refractivity contribution is 8.93. The number of halogens is 1. The number of carbonyl (C=O) groups excluding carboxylic acids is 1. The van der Waals surface area contributed by atoms with Gasteiger partial charge in [0.05, 0.1) is 26.4 Å². The lowest BCUT2D eigenvalue weighted by Crippen LogP contribution is -2.60. The maximum Gasteiger partial charge on any atom is 0.239 e. The molecule has 1 unspecified atom stereocenters. The lowest BCUT2D eigenvalue weighted by molar-refractivity contribution is -0.168. The van der Waals surface area contributed by atoms with Gasteiger partial charge in [0.2, 0.25) is 5.91 Å². The molecule has 6 rings (SSSR count). The van der Waals surface area contributed by atoms with Crippen LogP contribution in [-0.2, 0) is 22.2 Å². The van der Waals surface area contributed by atoms with Crippen LogP contribution in [-0.4, -0.2) is 79.5 Å². The van der Waals surface area contributed by atoms with Gasteiger partial charge in [-0.25, -0.2) is 0 Å². The number of amides is 1. The molecule has 4 aromatic carbocycles. The number of fused-ring (bicyclic) bond motifs is 1. The second-order valence-corrected chi connectivity index (χ2v) is 13.6. The van der Waals surface area contributed by atoms with Gasteiger partial charge in [-0.1, -0.05) is 91.0 Å². The molecule has 1 amide bonds. The van der Waals surface area contributed by atoms with E-state index in [1.54, 1.807) is 32.4 Å². The quantitative estimate of drug-likeness (QED) is 0.190. The Morgan fingerprint density at radius 1 is 0.857 bits per heavy atom. The number of rotatable bonds is 11. The van der Waals surface area contributed by atoms with E-state index in [4.69, 9.17) is 9.47 Å². The van der Waals surface area contributed by atoms with E-state index in [2.05, 4.69) is 48.5 Å². The lowest BCUT2D eigenvalue weighted by atomic mass is 9.51. The van der Waals surface area contributed by atoms with Crippen LogP contribution in [0.25, 0.3) is 0 Å². The highest BCUT2D eigenvalue weighted by atomic mass is 79.9. The second-order valence-electron chi connectivity index (χ2n) is 13.6. The monoisotopic (exact) mass is 728 g/mol. The number of ether oxygens (including phenoxy) is 2. The molecule has 2 aliphatic rings. The molecule has 1 aliphatic carbocycles. The molecule has 1 heterocycles. The average Bonchev–Trinajstić information content (AvgIpc) is 3.59. The summed E-state index contributed by atoms with van der Waals surface area (Å²) in [5.74, 6) is 0.344. The Balaban J connectivity index is 0.00000468. The zero-order valence-corrected chi connectivity index (χ0v) is 30.6. The van der Waals surface area contributed by atoms with Crippen molar-refractivity contribution in [2.45, 2.75) is 48.8 Å². The van der Waals surface area contributed by atoms with Crippen molar-refractivity contribution in [3.8, 4) is 11.5 Å². The number of aliphatic hydroxyl groups excluding tert-OH is 1. The molecule has 7 nitrogen and oxygen atoms in total. The predicted octanol–water partition coefficient (Wildman–Crippen LogP) is 6.25. The molecule has 260 valence electrons. The van der Waals surface area contributed by atoms with E-state index in [0.717, 1.165) is 24.0 Å². The molecule has 0 radical (unpaired) electrons. The summed E-state index contributed by atoms with van der Waals surface area (Å²) in [5, 5.41) is 25.4. The van der Waals surface area contributed by atoms with Gasteiger partial charge in [-0.2, -0.15) is 0 Å². The van der Waals surface area contributed by atoms with E-state index in [9.17, 15) is 15.0 Å². The zero-order valence-electron chi connectivity index (χ0n) is 28.9. The van der Waals surface area contributed by atoms with Crippen LogP contribution in [0, 0.1) is 11.8 Å². The van der Waals surface area contributed by atoms with E-state index in [-0.39, 0.29) is 41.3 Å². The summed E-state index contributed by atoms with van der Waals surface area (Å²) in [6.45, 7) is 0.736. The van der Waals surface area contributed by atoms with E-state index < -0.39 is 23.0 Å². The molecular formula is C41H49BrN2O5. The normalized spacial score (nSPS) is 23.3. The summed E-state index contributed by atoms with van der Waals surface area (Å²) in [5.41, 5.74) is 1.48. The molecule has 8 heteroatoms. The van der Waals surface area contributed by atoms with E-state index in [1.165, 1.54) is 5.56 Å². The Kier molecular flexibility index (Phi) is 11.5. The zero-order chi connectivity index (χ0) is 33.9. The molecule has 2 N–H and O–H groups in total. The third-order valence-corrected chi connectivity index (χ3v) is 11.0. The number of benzene rings is 4. The van der Waals surface area contributed by atoms with Crippen LogP contribution in [0.4, 0.5) is 0 Å². The SMILES string of the molecule is Br.COc1ccc(OC)c([C@@]2(O)[C@H](O)CC(c3ccccc3)(c3ccccc3)[C@@H]3CN(C(=O)C(CCCc4ccccc4)N(C)C)C[C@@H]32)c1. The summed E-state index contributed by atoms with van der Waals surface area (Å²) < 4.78 is 11.4. The standard InChI is InChI=1S/C41H48N2O5.BrH/c1-42(2)36(22-14-17-29-15-8-5-9-16-29)39(45)43-27-34-35(28-43)41(46,33-25-32(47-3)23-24-37(33)48-4)38(44)26-40(34,30-18-10-6-11-19-30)31-20-12-7-13-21-31;/h5-13,15-16,18-21,23-25,34-36,38,44,46H,14,17,22,26-28H2,1-4H3;1H/t34-,35+,36?,38-,41+;/m1./s1. The first-order valence-corrected chi connectivity index (χ1v) is 17.0. The molecule has 0 aromatic heterocycles. The topological polar surface area (TPSA) is 82.5 Å². The molecule has 0 spiro atoms. The Morgan fingerprint density at radius 2 is 1.43 bits per heavy atom.